The largest absolute Gasteiger partial charge is 0.355 e. The minimum Gasteiger partial charge on any atom is -0.355 e. The van der Waals surface area contributed by atoms with Gasteiger partial charge in [0, 0.05) is 31.5 Å². The summed E-state index contributed by atoms with van der Waals surface area (Å²) in [7, 11) is 0. The molecule has 0 amide bonds. The molecule has 1 atom stereocenters. The van der Waals surface area contributed by atoms with E-state index < -0.39 is 0 Å². The molecule has 2 N–H and O–H groups in total. The Labute approximate surface area is 89.6 Å². The van der Waals surface area contributed by atoms with Crippen molar-refractivity contribution in [3.63, 3.8) is 0 Å². The number of aryl methyl sites for hydroxylation is 1. The minimum atomic E-state index is 0.461. The molecule has 2 rings (SSSR count). The van der Waals surface area contributed by atoms with Crippen LogP contribution in [0.5, 0.6) is 0 Å². The van der Waals surface area contributed by atoms with Crippen molar-refractivity contribution in [2.75, 3.05) is 13.1 Å². The minimum absolute atomic E-state index is 0.461. The van der Waals surface area contributed by atoms with E-state index in [4.69, 9.17) is 0 Å². The molecule has 1 aromatic rings. The first-order chi connectivity index (χ1) is 7.25. The Hall–Kier alpha value is -1.52. The summed E-state index contributed by atoms with van der Waals surface area (Å²) >= 11 is 0. The number of aromatic nitrogens is 2. The van der Waals surface area contributed by atoms with Crippen LogP contribution in [0.2, 0.25) is 0 Å². The molecule has 2 heterocycles. The van der Waals surface area contributed by atoms with Crippen LogP contribution in [0, 0.1) is 6.92 Å². The summed E-state index contributed by atoms with van der Waals surface area (Å²) in [5, 5.41) is 6.53. The lowest BCUT2D eigenvalue weighted by Crippen LogP contribution is -2.38. The second-order valence-electron chi connectivity index (χ2n) is 3.83. The van der Waals surface area contributed by atoms with Gasteiger partial charge in [-0.2, -0.15) is 0 Å². The number of nitrogens with one attached hydrogen (secondary N) is 2. The lowest BCUT2D eigenvalue weighted by molar-refractivity contribution is 0.644. The van der Waals surface area contributed by atoms with Crippen LogP contribution in [-0.4, -0.2) is 34.6 Å². The molecule has 1 unspecified atom stereocenters. The molecule has 1 aromatic heterocycles. The molecule has 0 aromatic carbocycles. The van der Waals surface area contributed by atoms with Crippen molar-refractivity contribution in [1.29, 1.82) is 0 Å². The smallest absolute Gasteiger partial charge is 0.191 e. The van der Waals surface area contributed by atoms with Crippen LogP contribution in [0.25, 0.3) is 0 Å². The molecule has 0 bridgehead atoms. The molecular formula is C10H17N5. The van der Waals surface area contributed by atoms with Gasteiger partial charge in [0.1, 0.15) is 5.82 Å². The Morgan fingerprint density at radius 1 is 1.67 bits per heavy atom. The SMILES string of the molecule is Cc1nccn1CCNC1=NCC(C)N1. The maximum absolute atomic E-state index is 4.33. The van der Waals surface area contributed by atoms with Crippen molar-refractivity contribution in [1.82, 2.24) is 20.2 Å². The summed E-state index contributed by atoms with van der Waals surface area (Å²) < 4.78 is 2.12. The van der Waals surface area contributed by atoms with Gasteiger partial charge in [0.15, 0.2) is 5.96 Å². The summed E-state index contributed by atoms with van der Waals surface area (Å²) in [4.78, 5) is 8.50. The monoisotopic (exact) mass is 207 g/mol. The zero-order chi connectivity index (χ0) is 10.7. The van der Waals surface area contributed by atoms with Gasteiger partial charge in [-0.25, -0.2) is 4.98 Å². The van der Waals surface area contributed by atoms with Crippen LogP contribution in [0.4, 0.5) is 0 Å². The summed E-state index contributed by atoms with van der Waals surface area (Å²) in [5.41, 5.74) is 0. The molecule has 5 nitrogen and oxygen atoms in total. The van der Waals surface area contributed by atoms with Crippen LogP contribution in [0.15, 0.2) is 17.4 Å². The Morgan fingerprint density at radius 3 is 3.13 bits per heavy atom. The van der Waals surface area contributed by atoms with E-state index in [1.165, 1.54) is 0 Å². The van der Waals surface area contributed by atoms with E-state index >= 15 is 0 Å². The third kappa shape index (κ3) is 2.49. The quantitative estimate of drug-likeness (QED) is 0.740. The molecule has 0 saturated carbocycles. The first kappa shape index (κ1) is 10.0. The van der Waals surface area contributed by atoms with Crippen molar-refractivity contribution in [2.45, 2.75) is 26.4 Å². The summed E-state index contributed by atoms with van der Waals surface area (Å²) in [5.74, 6) is 1.96. The van der Waals surface area contributed by atoms with Gasteiger partial charge in [-0.15, -0.1) is 0 Å². The van der Waals surface area contributed by atoms with Crippen LogP contribution >= 0.6 is 0 Å². The van der Waals surface area contributed by atoms with E-state index in [2.05, 4.69) is 32.1 Å². The average Bonchev–Trinajstić information content (AvgIpc) is 2.77. The number of hydrogen-bond acceptors (Lipinski definition) is 4. The number of aliphatic imine (C=N–C) groups is 1. The van der Waals surface area contributed by atoms with Crippen molar-refractivity contribution in [3.8, 4) is 0 Å². The fraction of sp³-hybridized carbons (Fsp3) is 0.600. The zero-order valence-corrected chi connectivity index (χ0v) is 9.20. The highest BCUT2D eigenvalue weighted by Gasteiger charge is 2.10. The average molecular weight is 207 g/mol. The lowest BCUT2D eigenvalue weighted by Gasteiger charge is -2.09. The van der Waals surface area contributed by atoms with Crippen molar-refractivity contribution in [3.05, 3.63) is 18.2 Å². The van der Waals surface area contributed by atoms with E-state index in [1.54, 1.807) is 0 Å². The van der Waals surface area contributed by atoms with Gasteiger partial charge >= 0.3 is 0 Å². The lowest BCUT2D eigenvalue weighted by atomic mass is 10.4. The molecule has 82 valence electrons. The maximum atomic E-state index is 4.33. The molecule has 0 radical (unpaired) electrons. The molecule has 1 aliphatic rings. The first-order valence-electron chi connectivity index (χ1n) is 5.28. The summed E-state index contributed by atoms with van der Waals surface area (Å²) in [6, 6.07) is 0.461. The van der Waals surface area contributed by atoms with Crippen LogP contribution in [0.3, 0.4) is 0 Å². The van der Waals surface area contributed by atoms with Gasteiger partial charge in [-0.05, 0) is 13.8 Å². The number of guanidine groups is 1. The fourth-order valence-corrected chi connectivity index (χ4v) is 1.59. The number of hydrogen-bond donors (Lipinski definition) is 2. The molecule has 1 aliphatic heterocycles. The van der Waals surface area contributed by atoms with Gasteiger partial charge in [0.05, 0.1) is 6.54 Å². The second-order valence-corrected chi connectivity index (χ2v) is 3.83. The molecule has 15 heavy (non-hydrogen) atoms. The topological polar surface area (TPSA) is 54.2 Å². The van der Waals surface area contributed by atoms with Crippen LogP contribution in [0.1, 0.15) is 12.7 Å². The number of rotatable bonds is 3. The second kappa shape index (κ2) is 4.33. The number of imidazole rings is 1. The maximum Gasteiger partial charge on any atom is 0.191 e. The third-order valence-corrected chi connectivity index (χ3v) is 2.48. The van der Waals surface area contributed by atoms with Gasteiger partial charge < -0.3 is 15.2 Å². The van der Waals surface area contributed by atoms with Crippen molar-refractivity contribution < 1.29 is 0 Å². The zero-order valence-electron chi connectivity index (χ0n) is 9.20. The Morgan fingerprint density at radius 2 is 2.53 bits per heavy atom. The molecule has 5 heteroatoms. The van der Waals surface area contributed by atoms with E-state index in [-0.39, 0.29) is 0 Å². The first-order valence-corrected chi connectivity index (χ1v) is 5.28. The molecule has 0 aliphatic carbocycles. The summed E-state index contributed by atoms with van der Waals surface area (Å²) in [6.07, 6.45) is 3.81. The Bertz CT molecular complexity index is 354. The highest BCUT2D eigenvalue weighted by molar-refractivity contribution is 5.81. The standard InChI is InChI=1S/C10H17N5/c1-8-7-13-10(14-8)12-4-6-15-5-3-11-9(15)2/h3,5,8H,4,6-7H2,1-2H3,(H2,12,13,14). The Balaban J connectivity index is 1.74. The molecular weight excluding hydrogens is 190 g/mol. The third-order valence-electron chi connectivity index (χ3n) is 2.48. The highest BCUT2D eigenvalue weighted by Crippen LogP contribution is 1.94. The molecule has 0 fully saturated rings. The van der Waals surface area contributed by atoms with Gasteiger partial charge in [0.2, 0.25) is 0 Å². The van der Waals surface area contributed by atoms with E-state index in [1.807, 2.05) is 19.3 Å². The predicted molar refractivity (Wildman–Crippen MR) is 59.9 cm³/mol. The number of nitrogens with zero attached hydrogens (tertiary/aromatic N) is 3. The van der Waals surface area contributed by atoms with E-state index in [0.29, 0.717) is 6.04 Å². The van der Waals surface area contributed by atoms with E-state index in [9.17, 15) is 0 Å². The van der Waals surface area contributed by atoms with E-state index in [0.717, 1.165) is 31.4 Å². The van der Waals surface area contributed by atoms with Crippen molar-refractivity contribution >= 4 is 5.96 Å². The predicted octanol–water partition coefficient (Wildman–Crippen LogP) is 0.129. The summed E-state index contributed by atoms with van der Waals surface area (Å²) in [6.45, 7) is 6.79. The van der Waals surface area contributed by atoms with Gasteiger partial charge in [0.25, 0.3) is 0 Å². The molecule has 0 saturated heterocycles. The van der Waals surface area contributed by atoms with Crippen LogP contribution < -0.4 is 10.6 Å². The molecule has 0 spiro atoms. The Kier molecular flexibility index (Phi) is 2.89. The van der Waals surface area contributed by atoms with Gasteiger partial charge in [-0.3, -0.25) is 4.99 Å². The van der Waals surface area contributed by atoms with Crippen molar-refractivity contribution in [2.24, 2.45) is 4.99 Å². The fourth-order valence-electron chi connectivity index (χ4n) is 1.59. The highest BCUT2D eigenvalue weighted by atomic mass is 15.2. The normalized spacial score (nSPS) is 19.9. The van der Waals surface area contributed by atoms with Gasteiger partial charge in [-0.1, -0.05) is 0 Å². The van der Waals surface area contributed by atoms with Crippen LogP contribution in [-0.2, 0) is 6.54 Å².